The van der Waals surface area contributed by atoms with Crippen LogP contribution in [0, 0.1) is 0 Å². The molecule has 4 rings (SSSR count). The number of pyridine rings is 1. The molecule has 1 amide bonds. The number of carbonyl (C=O) groups excluding carboxylic acids is 1. The van der Waals surface area contributed by atoms with Crippen LogP contribution in [-0.2, 0) is 11.4 Å². The second-order valence-corrected chi connectivity index (χ2v) is 7.92. The van der Waals surface area contributed by atoms with Crippen LogP contribution < -0.4 is 15.8 Å². The largest absolute Gasteiger partial charge is 0.496 e. The lowest BCUT2D eigenvalue weighted by Crippen LogP contribution is -2.41. The maximum absolute atomic E-state index is 13.2. The van der Waals surface area contributed by atoms with Crippen LogP contribution in [0.2, 0.25) is 0 Å². The maximum Gasteiger partial charge on any atom is 0.242 e. The third kappa shape index (κ3) is 6.42. The first-order valence-electron chi connectivity index (χ1n) is 11.0. The minimum Gasteiger partial charge on any atom is -0.496 e. The molecule has 0 saturated carbocycles. The number of aliphatic hydroxyl groups is 1. The summed E-state index contributed by atoms with van der Waals surface area (Å²) in [4.78, 5) is 17.3. The van der Waals surface area contributed by atoms with E-state index in [1.54, 1.807) is 31.6 Å². The summed E-state index contributed by atoms with van der Waals surface area (Å²) >= 11 is 0. The van der Waals surface area contributed by atoms with E-state index in [0.29, 0.717) is 17.0 Å². The van der Waals surface area contributed by atoms with Crippen molar-refractivity contribution in [1.82, 2.24) is 4.98 Å². The van der Waals surface area contributed by atoms with E-state index in [-0.39, 0.29) is 43.2 Å². The Balaban J connectivity index is 0.00000228. The van der Waals surface area contributed by atoms with Crippen molar-refractivity contribution in [3.63, 3.8) is 0 Å². The summed E-state index contributed by atoms with van der Waals surface area (Å²) in [6.45, 7) is -0.139. The Labute approximate surface area is 223 Å². The smallest absolute Gasteiger partial charge is 0.242 e. The molecule has 1 atom stereocenters. The van der Waals surface area contributed by atoms with Gasteiger partial charge in [0.1, 0.15) is 5.75 Å². The van der Waals surface area contributed by atoms with Crippen molar-refractivity contribution in [3.05, 3.63) is 114 Å². The van der Waals surface area contributed by atoms with Crippen molar-refractivity contribution in [2.45, 2.75) is 18.6 Å². The second kappa shape index (κ2) is 13.6. The number of amides is 1. The lowest BCUT2D eigenvalue weighted by Gasteiger charge is -2.24. The molecule has 0 unspecified atom stereocenters. The third-order valence-electron chi connectivity index (χ3n) is 5.81. The van der Waals surface area contributed by atoms with E-state index in [2.05, 4.69) is 10.3 Å². The highest BCUT2D eigenvalue weighted by molar-refractivity contribution is 5.96. The molecule has 3 aromatic carbocycles. The molecule has 0 aliphatic rings. The summed E-state index contributed by atoms with van der Waals surface area (Å²) in [7, 11) is 1.57. The lowest BCUT2D eigenvalue weighted by molar-refractivity contribution is -0.117. The van der Waals surface area contributed by atoms with Crippen LogP contribution in [0.15, 0.2) is 97.3 Å². The van der Waals surface area contributed by atoms with Gasteiger partial charge < -0.3 is 20.9 Å². The number of aromatic nitrogens is 1. The van der Waals surface area contributed by atoms with Crippen LogP contribution in [0.25, 0.3) is 11.1 Å². The monoisotopic (exact) mass is 525 g/mol. The number of ether oxygens (including phenoxy) is 1. The molecule has 4 N–H and O–H groups in total. The number of nitrogens with two attached hydrogens (primary N) is 1. The van der Waals surface area contributed by atoms with Crippen LogP contribution in [-0.4, -0.2) is 29.1 Å². The van der Waals surface area contributed by atoms with Gasteiger partial charge in [-0.1, -0.05) is 60.7 Å². The van der Waals surface area contributed by atoms with Crippen molar-refractivity contribution in [2.24, 2.45) is 5.73 Å². The normalized spacial score (nSPS) is 11.1. The van der Waals surface area contributed by atoms with E-state index < -0.39 is 6.04 Å². The van der Waals surface area contributed by atoms with Crippen molar-refractivity contribution in [2.75, 3.05) is 12.4 Å². The molecule has 0 spiro atoms. The van der Waals surface area contributed by atoms with Crippen molar-refractivity contribution in [3.8, 4) is 16.9 Å². The minimum absolute atomic E-state index is 0. The Morgan fingerprint density at radius 1 is 0.944 bits per heavy atom. The van der Waals surface area contributed by atoms with E-state index in [4.69, 9.17) is 10.5 Å². The molecule has 0 fully saturated rings. The van der Waals surface area contributed by atoms with Crippen LogP contribution in [0.5, 0.6) is 5.75 Å². The van der Waals surface area contributed by atoms with Crippen LogP contribution in [0.4, 0.5) is 5.69 Å². The molecule has 0 radical (unpaired) electrons. The molecule has 6 nitrogen and oxygen atoms in total. The van der Waals surface area contributed by atoms with Gasteiger partial charge in [0.15, 0.2) is 0 Å². The summed E-state index contributed by atoms with van der Waals surface area (Å²) in [5.74, 6) is -0.0325. The molecule has 0 saturated heterocycles. The Morgan fingerprint density at radius 3 is 2.11 bits per heavy atom. The number of hydrogen-bond acceptors (Lipinski definition) is 5. The van der Waals surface area contributed by atoms with Crippen LogP contribution in [0.3, 0.4) is 0 Å². The molecule has 188 valence electrons. The first kappa shape index (κ1) is 28.8. The van der Waals surface area contributed by atoms with Gasteiger partial charge in [0.25, 0.3) is 0 Å². The first-order chi connectivity index (χ1) is 16.6. The zero-order chi connectivity index (χ0) is 23.9. The number of carbonyl (C=O) groups is 1. The molecule has 8 heteroatoms. The van der Waals surface area contributed by atoms with Gasteiger partial charge in [-0.15, -0.1) is 24.8 Å². The van der Waals surface area contributed by atoms with Crippen LogP contribution in [0.1, 0.15) is 22.6 Å². The van der Waals surface area contributed by atoms with Gasteiger partial charge in [0.2, 0.25) is 5.91 Å². The SMILES string of the molecule is COc1cc(NC(=O)[C@@H](N)C(c2ccccc2)c2ccccc2)ccc1-c1ccncc1CO.Cl.Cl. The predicted molar refractivity (Wildman–Crippen MR) is 148 cm³/mol. The molecular weight excluding hydrogens is 497 g/mol. The average molecular weight is 526 g/mol. The summed E-state index contributed by atoms with van der Waals surface area (Å²) in [6.07, 6.45) is 3.28. The average Bonchev–Trinajstić information content (AvgIpc) is 2.90. The number of rotatable bonds is 8. The van der Waals surface area contributed by atoms with Gasteiger partial charge in [-0.3, -0.25) is 9.78 Å². The molecule has 1 heterocycles. The molecule has 0 aliphatic heterocycles. The van der Waals surface area contributed by atoms with Gasteiger partial charge in [-0.25, -0.2) is 0 Å². The zero-order valence-electron chi connectivity index (χ0n) is 19.7. The predicted octanol–water partition coefficient (Wildman–Crippen LogP) is 5.19. The molecule has 4 aromatic rings. The molecular formula is C28H29Cl2N3O3. The van der Waals surface area contributed by atoms with E-state index in [9.17, 15) is 9.90 Å². The number of halogens is 2. The Hall–Kier alpha value is -3.42. The maximum atomic E-state index is 13.2. The highest BCUT2D eigenvalue weighted by Crippen LogP contribution is 2.35. The second-order valence-electron chi connectivity index (χ2n) is 7.92. The highest BCUT2D eigenvalue weighted by Gasteiger charge is 2.28. The summed E-state index contributed by atoms with van der Waals surface area (Å²) in [5.41, 5.74) is 11.3. The van der Waals surface area contributed by atoms with E-state index >= 15 is 0 Å². The fraction of sp³-hybridized carbons (Fsp3) is 0.143. The number of methoxy groups -OCH3 is 1. The Bertz CT molecular complexity index is 1220. The zero-order valence-corrected chi connectivity index (χ0v) is 21.3. The summed E-state index contributed by atoms with van der Waals surface area (Å²) in [5, 5.41) is 12.6. The Morgan fingerprint density at radius 2 is 1.56 bits per heavy atom. The number of nitrogens with one attached hydrogen (secondary N) is 1. The van der Waals surface area contributed by atoms with Gasteiger partial charge in [0.05, 0.1) is 19.8 Å². The summed E-state index contributed by atoms with van der Waals surface area (Å²) < 4.78 is 5.58. The highest BCUT2D eigenvalue weighted by atomic mass is 35.5. The lowest BCUT2D eigenvalue weighted by atomic mass is 9.85. The fourth-order valence-corrected chi connectivity index (χ4v) is 4.11. The van der Waals surface area contributed by atoms with E-state index in [1.807, 2.05) is 72.8 Å². The standard InChI is InChI=1S/C28H27N3O3.2ClH/c1-34-25-16-22(12-13-24(25)23-14-15-30-17-21(23)18-32)31-28(33)27(29)26(19-8-4-2-5-9-19)20-10-6-3-7-11-20;;/h2-17,26-27,32H,18,29H2,1H3,(H,31,33);2*1H/t27-;;/m0../s1. The van der Waals surface area contributed by atoms with Crippen LogP contribution >= 0.6 is 24.8 Å². The number of aliphatic hydroxyl groups excluding tert-OH is 1. The molecule has 0 bridgehead atoms. The van der Waals surface area contributed by atoms with E-state index in [0.717, 1.165) is 22.3 Å². The van der Waals surface area contributed by atoms with Gasteiger partial charge in [-0.2, -0.15) is 0 Å². The molecule has 36 heavy (non-hydrogen) atoms. The van der Waals surface area contributed by atoms with Gasteiger partial charge >= 0.3 is 0 Å². The first-order valence-corrected chi connectivity index (χ1v) is 11.0. The van der Waals surface area contributed by atoms with Crippen molar-refractivity contribution >= 4 is 36.4 Å². The van der Waals surface area contributed by atoms with Gasteiger partial charge in [0, 0.05) is 41.2 Å². The number of anilines is 1. The van der Waals surface area contributed by atoms with Crippen molar-refractivity contribution < 1.29 is 14.6 Å². The number of hydrogen-bond donors (Lipinski definition) is 3. The summed E-state index contributed by atoms with van der Waals surface area (Å²) in [6, 6.07) is 26.0. The fourth-order valence-electron chi connectivity index (χ4n) is 4.11. The molecule has 1 aromatic heterocycles. The Kier molecular flexibility index (Phi) is 10.9. The third-order valence-corrected chi connectivity index (χ3v) is 5.81. The number of benzene rings is 3. The molecule has 0 aliphatic carbocycles. The van der Waals surface area contributed by atoms with E-state index in [1.165, 1.54) is 0 Å². The quantitative estimate of drug-likeness (QED) is 0.294. The van der Waals surface area contributed by atoms with Gasteiger partial charge in [-0.05, 0) is 34.9 Å². The topological polar surface area (TPSA) is 97.5 Å². The minimum atomic E-state index is -0.809. The van der Waals surface area contributed by atoms with Crippen molar-refractivity contribution in [1.29, 1.82) is 0 Å². The number of nitrogens with zero attached hydrogens (tertiary/aromatic N) is 1.